The van der Waals surface area contributed by atoms with Gasteiger partial charge in [0.15, 0.2) is 5.76 Å². The summed E-state index contributed by atoms with van der Waals surface area (Å²) in [7, 11) is 1.80. The zero-order valence-electron chi connectivity index (χ0n) is 8.06. The van der Waals surface area contributed by atoms with Crippen LogP contribution in [0.2, 0.25) is 0 Å². The molecule has 1 aliphatic heterocycles. The number of imidazole rings is 1. The van der Waals surface area contributed by atoms with Gasteiger partial charge in [-0.15, -0.1) is 0 Å². The van der Waals surface area contributed by atoms with Crippen LogP contribution in [0.4, 0.5) is 0 Å². The molecule has 0 aromatic carbocycles. The van der Waals surface area contributed by atoms with E-state index in [0.29, 0.717) is 18.1 Å². The van der Waals surface area contributed by atoms with Gasteiger partial charge in [0.05, 0.1) is 19.1 Å². The summed E-state index contributed by atoms with van der Waals surface area (Å²) in [5, 5.41) is 0. The van der Waals surface area contributed by atoms with E-state index in [-0.39, 0.29) is 5.78 Å². The predicted octanol–water partition coefficient (Wildman–Crippen LogP) is 1.30. The molecule has 74 valence electrons. The van der Waals surface area contributed by atoms with Crippen LogP contribution >= 0.6 is 0 Å². The molecule has 0 unspecified atom stereocenters. The first-order valence-electron chi connectivity index (χ1n) is 4.63. The second-order valence-electron chi connectivity index (χ2n) is 3.28. The van der Waals surface area contributed by atoms with Crippen molar-refractivity contribution < 1.29 is 9.53 Å². The number of allylic oxidation sites excluding steroid dienone is 2. The third kappa shape index (κ3) is 1.55. The molecule has 0 saturated carbocycles. The molecule has 2 rings (SSSR count). The van der Waals surface area contributed by atoms with Crippen LogP contribution < -0.4 is 0 Å². The summed E-state index contributed by atoms with van der Waals surface area (Å²) in [6, 6.07) is 0. The molecule has 1 aromatic rings. The van der Waals surface area contributed by atoms with Gasteiger partial charge in [0.25, 0.3) is 0 Å². The van der Waals surface area contributed by atoms with Gasteiger partial charge in [0, 0.05) is 7.05 Å². The zero-order valence-corrected chi connectivity index (χ0v) is 8.06. The molecule has 0 radical (unpaired) electrons. The van der Waals surface area contributed by atoms with Gasteiger partial charge in [-0.25, -0.2) is 4.98 Å². The highest BCUT2D eigenvalue weighted by atomic mass is 16.5. The molecule has 4 nitrogen and oxygen atoms in total. The Morgan fingerprint density at radius 1 is 1.64 bits per heavy atom. The molecule has 0 spiro atoms. The van der Waals surface area contributed by atoms with Gasteiger partial charge in [-0.3, -0.25) is 4.79 Å². The summed E-state index contributed by atoms with van der Waals surface area (Å²) in [4.78, 5) is 15.7. The minimum Gasteiger partial charge on any atom is -0.490 e. The molecule has 0 aliphatic carbocycles. The number of hydrogen-bond donors (Lipinski definition) is 0. The molecule has 0 atom stereocenters. The number of hydrogen-bond acceptors (Lipinski definition) is 3. The molecule has 2 heterocycles. The lowest BCUT2D eigenvalue weighted by Gasteiger charge is -2.13. The zero-order chi connectivity index (χ0) is 9.97. The molecule has 0 amide bonds. The highest BCUT2D eigenvalue weighted by Crippen LogP contribution is 2.14. The normalized spacial score (nSPS) is 15.9. The van der Waals surface area contributed by atoms with Crippen molar-refractivity contribution in [1.29, 1.82) is 0 Å². The van der Waals surface area contributed by atoms with Gasteiger partial charge in [-0.1, -0.05) is 0 Å². The molecule has 0 N–H and O–H groups in total. The van der Waals surface area contributed by atoms with E-state index >= 15 is 0 Å². The summed E-state index contributed by atoms with van der Waals surface area (Å²) in [6.07, 6.45) is 6.91. The number of carbonyl (C=O) groups is 1. The van der Waals surface area contributed by atoms with E-state index in [4.69, 9.17) is 4.74 Å². The minimum atomic E-state index is -0.0790. The van der Waals surface area contributed by atoms with Crippen molar-refractivity contribution in [2.45, 2.75) is 12.8 Å². The second kappa shape index (κ2) is 3.65. The van der Waals surface area contributed by atoms with Crippen molar-refractivity contribution in [3.05, 3.63) is 30.1 Å². The summed E-state index contributed by atoms with van der Waals surface area (Å²) in [5.41, 5.74) is 0.568. The highest BCUT2D eigenvalue weighted by Gasteiger charge is 2.18. The van der Waals surface area contributed by atoms with Crippen molar-refractivity contribution in [3.63, 3.8) is 0 Å². The van der Waals surface area contributed by atoms with Crippen LogP contribution in [0.1, 0.15) is 23.3 Å². The maximum atomic E-state index is 11.8. The van der Waals surface area contributed by atoms with Crippen molar-refractivity contribution in [2.24, 2.45) is 7.05 Å². The Balaban J connectivity index is 2.23. The van der Waals surface area contributed by atoms with Gasteiger partial charge in [0.1, 0.15) is 5.69 Å². The molecular weight excluding hydrogens is 180 g/mol. The predicted molar refractivity (Wildman–Crippen MR) is 50.8 cm³/mol. The fourth-order valence-electron chi connectivity index (χ4n) is 1.42. The highest BCUT2D eigenvalue weighted by molar-refractivity contribution is 6.06. The van der Waals surface area contributed by atoms with Crippen molar-refractivity contribution >= 4 is 5.78 Å². The van der Waals surface area contributed by atoms with Gasteiger partial charge in [-0.2, -0.15) is 0 Å². The van der Waals surface area contributed by atoms with E-state index in [2.05, 4.69) is 4.98 Å². The molecule has 1 aromatic heterocycles. The molecule has 0 saturated heterocycles. The summed E-state index contributed by atoms with van der Waals surface area (Å²) < 4.78 is 6.98. The van der Waals surface area contributed by atoms with Crippen LogP contribution in [-0.2, 0) is 11.8 Å². The largest absolute Gasteiger partial charge is 0.490 e. The third-order valence-corrected chi connectivity index (χ3v) is 2.21. The Hall–Kier alpha value is -1.58. The molecule has 1 aliphatic rings. The van der Waals surface area contributed by atoms with Crippen molar-refractivity contribution in [1.82, 2.24) is 9.55 Å². The van der Waals surface area contributed by atoms with Crippen LogP contribution in [0.15, 0.2) is 24.4 Å². The molecule has 4 heteroatoms. The van der Waals surface area contributed by atoms with Crippen LogP contribution in [0.3, 0.4) is 0 Å². The summed E-state index contributed by atoms with van der Waals surface area (Å²) in [5.74, 6) is 0.379. The number of carbonyl (C=O) groups excluding carboxylic acids is 1. The Morgan fingerprint density at radius 3 is 3.07 bits per heavy atom. The van der Waals surface area contributed by atoms with Crippen LogP contribution in [0.25, 0.3) is 0 Å². The first kappa shape index (κ1) is 8.99. The van der Waals surface area contributed by atoms with Crippen molar-refractivity contribution in [3.8, 4) is 0 Å². The van der Waals surface area contributed by atoms with Gasteiger partial charge >= 0.3 is 0 Å². The van der Waals surface area contributed by atoms with E-state index in [1.807, 2.05) is 6.08 Å². The monoisotopic (exact) mass is 192 g/mol. The number of ketones is 1. The second-order valence-corrected chi connectivity index (χ2v) is 3.28. The lowest BCUT2D eigenvalue weighted by atomic mass is 10.1. The fraction of sp³-hybridized carbons (Fsp3) is 0.400. The first-order chi connectivity index (χ1) is 6.79. The van der Waals surface area contributed by atoms with E-state index in [0.717, 1.165) is 12.8 Å². The Kier molecular flexibility index (Phi) is 2.35. The minimum absolute atomic E-state index is 0.0790. The molecule has 0 fully saturated rings. The Labute approximate surface area is 82.2 Å². The average Bonchev–Trinajstić information content (AvgIpc) is 2.65. The molecule has 14 heavy (non-hydrogen) atoms. The Bertz CT molecular complexity index is 379. The number of Topliss-reactive ketones (excluding diaryl/α,β-unsaturated/α-hetero) is 1. The van der Waals surface area contributed by atoms with Gasteiger partial charge in [0.2, 0.25) is 5.78 Å². The number of ether oxygens (including phenoxy) is 1. The van der Waals surface area contributed by atoms with Gasteiger partial charge in [-0.05, 0) is 18.9 Å². The van der Waals surface area contributed by atoms with Crippen molar-refractivity contribution in [2.75, 3.05) is 6.61 Å². The van der Waals surface area contributed by atoms with E-state index in [9.17, 15) is 4.79 Å². The maximum Gasteiger partial charge on any atom is 0.245 e. The van der Waals surface area contributed by atoms with Crippen LogP contribution in [0.5, 0.6) is 0 Å². The first-order valence-corrected chi connectivity index (χ1v) is 4.63. The Morgan fingerprint density at radius 2 is 2.50 bits per heavy atom. The van der Waals surface area contributed by atoms with Gasteiger partial charge < -0.3 is 9.30 Å². The quantitative estimate of drug-likeness (QED) is 0.663. The maximum absolute atomic E-state index is 11.8. The fourth-order valence-corrected chi connectivity index (χ4v) is 1.42. The van der Waals surface area contributed by atoms with E-state index in [1.165, 1.54) is 0 Å². The number of nitrogens with zero attached hydrogens (tertiary/aromatic N) is 2. The third-order valence-electron chi connectivity index (χ3n) is 2.21. The topological polar surface area (TPSA) is 44.1 Å². The molecular formula is C10H12N2O2. The summed E-state index contributed by atoms with van der Waals surface area (Å²) >= 11 is 0. The summed E-state index contributed by atoms with van der Waals surface area (Å²) in [6.45, 7) is 0.634. The molecule has 0 bridgehead atoms. The lowest BCUT2D eigenvalue weighted by molar-refractivity contribution is 0.0891. The smallest absolute Gasteiger partial charge is 0.245 e. The lowest BCUT2D eigenvalue weighted by Crippen LogP contribution is -2.13. The van der Waals surface area contributed by atoms with E-state index < -0.39 is 0 Å². The van der Waals surface area contributed by atoms with Crippen LogP contribution in [-0.4, -0.2) is 21.9 Å². The SMILES string of the molecule is Cn1cncc1C(=O)C1=CCCCO1. The van der Waals surface area contributed by atoms with Crippen LogP contribution in [0, 0.1) is 0 Å². The van der Waals surface area contributed by atoms with E-state index in [1.54, 1.807) is 24.1 Å². The number of aromatic nitrogens is 2. The number of aryl methyl sites for hydroxylation is 1. The number of rotatable bonds is 2. The standard InChI is InChI=1S/C10H12N2O2/c1-12-7-11-6-8(12)10(13)9-4-2-3-5-14-9/h4,6-7H,2-3,5H2,1H3. The average molecular weight is 192 g/mol.